The van der Waals surface area contributed by atoms with Crippen LogP contribution in [0.4, 0.5) is 5.69 Å². The molecule has 0 atom stereocenters. The molecule has 144 valence electrons. The lowest BCUT2D eigenvalue weighted by molar-refractivity contribution is -0.135. The minimum absolute atomic E-state index is 0.133. The van der Waals surface area contributed by atoms with E-state index < -0.39 is 0 Å². The summed E-state index contributed by atoms with van der Waals surface area (Å²) in [5.41, 5.74) is 3.27. The van der Waals surface area contributed by atoms with Gasteiger partial charge in [-0.2, -0.15) is 0 Å². The fraction of sp³-hybridized carbons (Fsp3) is 0.571. The van der Waals surface area contributed by atoms with Gasteiger partial charge >= 0.3 is 5.97 Å². The standard InChI is InChI=1S/C21H26N2O4/c1-14(24)22-9-6-15(7-10-22)2-5-20(26)27-18-12-16-3-4-19(25)23-11-8-17(13-18)21(16)23/h12-13,15H,2-11H2,1H3. The van der Waals surface area contributed by atoms with Crippen LogP contribution in [0.2, 0.25) is 0 Å². The van der Waals surface area contributed by atoms with E-state index in [1.54, 1.807) is 6.92 Å². The van der Waals surface area contributed by atoms with Crippen molar-refractivity contribution in [3.8, 4) is 5.75 Å². The lowest BCUT2D eigenvalue weighted by atomic mass is 9.92. The van der Waals surface area contributed by atoms with Crippen molar-refractivity contribution in [2.75, 3.05) is 24.5 Å². The van der Waals surface area contributed by atoms with Crippen LogP contribution in [-0.2, 0) is 27.2 Å². The Kier molecular flexibility index (Phi) is 4.89. The number of hydrogen-bond donors (Lipinski definition) is 0. The minimum atomic E-state index is -0.196. The predicted molar refractivity (Wildman–Crippen MR) is 101 cm³/mol. The molecule has 3 aliphatic rings. The molecule has 1 saturated heterocycles. The zero-order valence-corrected chi connectivity index (χ0v) is 15.8. The van der Waals surface area contributed by atoms with Crippen LogP contribution in [0, 0.1) is 5.92 Å². The molecule has 0 bridgehead atoms. The van der Waals surface area contributed by atoms with Crippen LogP contribution in [-0.4, -0.2) is 42.3 Å². The van der Waals surface area contributed by atoms with Crippen LogP contribution in [0.25, 0.3) is 0 Å². The Morgan fingerprint density at radius 1 is 1.07 bits per heavy atom. The highest BCUT2D eigenvalue weighted by molar-refractivity contribution is 5.99. The predicted octanol–water partition coefficient (Wildman–Crippen LogP) is 2.47. The van der Waals surface area contributed by atoms with Gasteiger partial charge in [0.15, 0.2) is 0 Å². The molecule has 0 aromatic heterocycles. The third kappa shape index (κ3) is 3.70. The average Bonchev–Trinajstić information content (AvgIpc) is 3.08. The van der Waals surface area contributed by atoms with Gasteiger partial charge in [0.2, 0.25) is 11.8 Å². The molecule has 0 aliphatic carbocycles. The maximum atomic E-state index is 12.3. The number of anilines is 1. The minimum Gasteiger partial charge on any atom is -0.427 e. The van der Waals surface area contributed by atoms with Crippen molar-refractivity contribution in [2.24, 2.45) is 5.92 Å². The largest absolute Gasteiger partial charge is 0.427 e. The Bertz CT molecular complexity index is 781. The molecule has 4 rings (SSSR count). The van der Waals surface area contributed by atoms with Gasteiger partial charge < -0.3 is 14.5 Å². The summed E-state index contributed by atoms with van der Waals surface area (Å²) in [6.45, 7) is 3.92. The van der Waals surface area contributed by atoms with Crippen LogP contribution in [0.1, 0.15) is 50.2 Å². The number of piperidine rings is 1. The van der Waals surface area contributed by atoms with Gasteiger partial charge in [-0.3, -0.25) is 14.4 Å². The van der Waals surface area contributed by atoms with Crippen molar-refractivity contribution < 1.29 is 19.1 Å². The molecule has 0 N–H and O–H groups in total. The highest BCUT2D eigenvalue weighted by Gasteiger charge is 2.32. The van der Waals surface area contributed by atoms with Crippen molar-refractivity contribution in [1.82, 2.24) is 4.90 Å². The van der Waals surface area contributed by atoms with Crippen LogP contribution < -0.4 is 9.64 Å². The van der Waals surface area contributed by atoms with Gasteiger partial charge in [0.05, 0.1) is 5.69 Å². The summed E-state index contributed by atoms with van der Waals surface area (Å²) in [6, 6.07) is 3.84. The van der Waals surface area contributed by atoms with Crippen molar-refractivity contribution in [3.05, 3.63) is 23.3 Å². The van der Waals surface area contributed by atoms with Gasteiger partial charge in [-0.05, 0) is 61.3 Å². The van der Waals surface area contributed by atoms with Crippen LogP contribution in [0.3, 0.4) is 0 Å². The second-order valence-corrected chi connectivity index (χ2v) is 7.85. The molecular weight excluding hydrogens is 344 g/mol. The molecule has 1 fully saturated rings. The van der Waals surface area contributed by atoms with E-state index in [4.69, 9.17) is 4.74 Å². The van der Waals surface area contributed by atoms with Crippen molar-refractivity contribution in [3.63, 3.8) is 0 Å². The van der Waals surface area contributed by atoms with Gasteiger partial charge in [0.25, 0.3) is 0 Å². The number of aryl methyl sites for hydroxylation is 1. The van der Waals surface area contributed by atoms with E-state index >= 15 is 0 Å². The first-order valence-electron chi connectivity index (χ1n) is 9.93. The van der Waals surface area contributed by atoms with Crippen LogP contribution >= 0.6 is 0 Å². The molecule has 0 saturated carbocycles. The Labute approximate surface area is 159 Å². The van der Waals surface area contributed by atoms with Gasteiger partial charge in [-0.15, -0.1) is 0 Å². The molecule has 0 unspecified atom stereocenters. The maximum absolute atomic E-state index is 12.3. The molecule has 0 radical (unpaired) electrons. The number of likely N-dealkylation sites (tertiary alicyclic amines) is 1. The van der Waals surface area contributed by atoms with E-state index in [1.165, 1.54) is 0 Å². The summed E-state index contributed by atoms with van der Waals surface area (Å²) in [6.07, 6.45) is 5.21. The highest BCUT2D eigenvalue weighted by atomic mass is 16.5. The third-order valence-electron chi connectivity index (χ3n) is 6.07. The number of nitrogens with zero attached hydrogens (tertiary/aromatic N) is 2. The lowest BCUT2D eigenvalue weighted by Crippen LogP contribution is -2.37. The van der Waals surface area contributed by atoms with E-state index in [0.29, 0.717) is 24.5 Å². The number of carbonyl (C=O) groups excluding carboxylic acids is 3. The molecule has 6 heteroatoms. The van der Waals surface area contributed by atoms with E-state index in [1.807, 2.05) is 21.9 Å². The van der Waals surface area contributed by atoms with Gasteiger partial charge in [-0.25, -0.2) is 0 Å². The summed E-state index contributed by atoms with van der Waals surface area (Å²) in [7, 11) is 0. The topological polar surface area (TPSA) is 66.9 Å². The summed E-state index contributed by atoms with van der Waals surface area (Å²) >= 11 is 0. The highest BCUT2D eigenvalue weighted by Crippen LogP contribution is 2.39. The number of esters is 1. The van der Waals surface area contributed by atoms with Crippen molar-refractivity contribution >= 4 is 23.5 Å². The van der Waals surface area contributed by atoms with E-state index in [-0.39, 0.29) is 17.8 Å². The quantitative estimate of drug-likeness (QED) is 0.603. The zero-order chi connectivity index (χ0) is 19.0. The third-order valence-corrected chi connectivity index (χ3v) is 6.07. The molecule has 1 aromatic rings. The number of benzene rings is 1. The Morgan fingerprint density at radius 3 is 2.48 bits per heavy atom. The molecule has 1 aromatic carbocycles. The smallest absolute Gasteiger partial charge is 0.311 e. The van der Waals surface area contributed by atoms with Crippen molar-refractivity contribution in [2.45, 2.75) is 51.9 Å². The number of carbonyl (C=O) groups is 3. The monoisotopic (exact) mass is 370 g/mol. The summed E-state index contributed by atoms with van der Waals surface area (Å²) < 4.78 is 5.61. The summed E-state index contributed by atoms with van der Waals surface area (Å²) in [5, 5.41) is 0. The van der Waals surface area contributed by atoms with E-state index in [0.717, 1.165) is 68.6 Å². The van der Waals surface area contributed by atoms with Crippen LogP contribution in [0.15, 0.2) is 12.1 Å². The number of hydrogen-bond acceptors (Lipinski definition) is 4. The van der Waals surface area contributed by atoms with Crippen LogP contribution in [0.5, 0.6) is 5.75 Å². The zero-order valence-electron chi connectivity index (χ0n) is 15.8. The SMILES string of the molecule is CC(=O)N1CCC(CCC(=O)Oc2cc3c4c(c2)CCN4C(=O)CC3)CC1. The number of ether oxygens (including phenoxy) is 1. The second kappa shape index (κ2) is 7.33. The fourth-order valence-corrected chi connectivity index (χ4v) is 4.53. The van der Waals surface area contributed by atoms with Gasteiger partial charge in [0, 0.05) is 39.4 Å². The number of rotatable bonds is 4. The lowest BCUT2D eigenvalue weighted by Gasteiger charge is -2.31. The Hall–Kier alpha value is -2.37. The Morgan fingerprint density at radius 2 is 1.78 bits per heavy atom. The molecular formula is C21H26N2O4. The van der Waals surface area contributed by atoms with Gasteiger partial charge in [0.1, 0.15) is 5.75 Å². The van der Waals surface area contributed by atoms with E-state index in [9.17, 15) is 14.4 Å². The summed E-state index contributed by atoms with van der Waals surface area (Å²) in [4.78, 5) is 39.4. The second-order valence-electron chi connectivity index (χ2n) is 7.85. The first-order valence-corrected chi connectivity index (χ1v) is 9.93. The number of amides is 2. The maximum Gasteiger partial charge on any atom is 0.311 e. The van der Waals surface area contributed by atoms with Crippen molar-refractivity contribution in [1.29, 1.82) is 0 Å². The Balaban J connectivity index is 1.32. The average molecular weight is 370 g/mol. The molecule has 27 heavy (non-hydrogen) atoms. The molecule has 2 amide bonds. The van der Waals surface area contributed by atoms with E-state index in [2.05, 4.69) is 0 Å². The first kappa shape index (κ1) is 18.0. The fourth-order valence-electron chi connectivity index (χ4n) is 4.53. The van der Waals surface area contributed by atoms with Gasteiger partial charge in [-0.1, -0.05) is 0 Å². The first-order chi connectivity index (χ1) is 13.0. The molecule has 6 nitrogen and oxygen atoms in total. The summed E-state index contributed by atoms with van der Waals surface area (Å²) in [5.74, 6) is 1.22. The normalized spacial score (nSPS) is 19.2. The molecule has 3 heterocycles. The molecule has 0 spiro atoms. The molecule has 3 aliphatic heterocycles.